The molecule has 0 aliphatic heterocycles. The number of hydrogen-bond donors (Lipinski definition) is 1. The summed E-state index contributed by atoms with van der Waals surface area (Å²) >= 11 is 0. The number of ketones is 1. The van der Waals surface area contributed by atoms with E-state index >= 15 is 0 Å². The van der Waals surface area contributed by atoms with E-state index in [0.29, 0.717) is 29.4 Å². The van der Waals surface area contributed by atoms with E-state index in [4.69, 9.17) is 9.47 Å². The van der Waals surface area contributed by atoms with Crippen LogP contribution in [0.2, 0.25) is 0 Å². The van der Waals surface area contributed by atoms with Crippen molar-refractivity contribution in [1.82, 2.24) is 0 Å². The highest BCUT2D eigenvalue weighted by Gasteiger charge is 2.07. The van der Waals surface area contributed by atoms with Gasteiger partial charge in [-0.3, -0.25) is 9.59 Å². The van der Waals surface area contributed by atoms with Crippen molar-refractivity contribution in [1.29, 1.82) is 0 Å². The normalized spacial score (nSPS) is 10.7. The number of benzene rings is 3. The second-order valence-electron chi connectivity index (χ2n) is 7.09. The maximum Gasteiger partial charge on any atom is 0.248 e. The van der Waals surface area contributed by atoms with Crippen LogP contribution in [-0.4, -0.2) is 18.8 Å². The van der Waals surface area contributed by atoms with E-state index in [9.17, 15) is 9.59 Å². The average molecular weight is 415 g/mol. The summed E-state index contributed by atoms with van der Waals surface area (Å²) in [5.41, 5.74) is 4.19. The van der Waals surface area contributed by atoms with Crippen molar-refractivity contribution in [2.24, 2.45) is 0 Å². The van der Waals surface area contributed by atoms with Crippen molar-refractivity contribution in [3.8, 4) is 11.5 Å². The Morgan fingerprint density at radius 2 is 1.77 bits per heavy atom. The maximum atomic E-state index is 12.2. The summed E-state index contributed by atoms with van der Waals surface area (Å²) in [5.74, 6) is 0.877. The zero-order valence-corrected chi connectivity index (χ0v) is 17.8. The molecular weight excluding hydrogens is 390 g/mol. The quantitative estimate of drug-likeness (QED) is 0.393. The number of Topliss-reactive ketones (excluding diaryl/α,β-unsaturated/α-hetero) is 1. The van der Waals surface area contributed by atoms with E-state index in [1.54, 1.807) is 37.5 Å². The third-order valence-corrected chi connectivity index (χ3v) is 4.80. The van der Waals surface area contributed by atoms with Crippen molar-refractivity contribution in [3.05, 3.63) is 95.1 Å². The number of rotatable bonds is 8. The first-order valence-corrected chi connectivity index (χ1v) is 9.91. The number of amides is 1. The number of methoxy groups -OCH3 is 1. The fourth-order valence-electron chi connectivity index (χ4n) is 3.01. The number of anilines is 1. The van der Waals surface area contributed by atoms with Gasteiger partial charge in [-0.15, -0.1) is 0 Å². The van der Waals surface area contributed by atoms with Crippen LogP contribution in [0.15, 0.2) is 72.8 Å². The second-order valence-corrected chi connectivity index (χ2v) is 7.09. The topological polar surface area (TPSA) is 64.6 Å². The maximum absolute atomic E-state index is 12.2. The van der Waals surface area contributed by atoms with E-state index in [1.807, 2.05) is 49.4 Å². The Hall–Kier alpha value is -3.86. The van der Waals surface area contributed by atoms with E-state index in [-0.39, 0.29) is 11.7 Å². The molecule has 0 radical (unpaired) electrons. The highest BCUT2D eigenvalue weighted by molar-refractivity contribution is 6.03. The van der Waals surface area contributed by atoms with Crippen LogP contribution in [0.5, 0.6) is 11.5 Å². The summed E-state index contributed by atoms with van der Waals surface area (Å²) in [6.07, 6.45) is 3.13. The predicted octanol–water partition coefficient (Wildman–Crippen LogP) is 5.44. The van der Waals surface area contributed by atoms with Gasteiger partial charge < -0.3 is 14.8 Å². The molecule has 158 valence electrons. The van der Waals surface area contributed by atoms with Gasteiger partial charge in [0, 0.05) is 17.3 Å². The molecule has 3 aromatic carbocycles. The molecular formula is C26H25NO4. The summed E-state index contributed by atoms with van der Waals surface area (Å²) in [4.78, 5) is 23.7. The Bertz CT molecular complexity index is 1120. The fourth-order valence-corrected chi connectivity index (χ4v) is 3.01. The van der Waals surface area contributed by atoms with Crippen molar-refractivity contribution in [2.75, 3.05) is 12.4 Å². The van der Waals surface area contributed by atoms with Crippen LogP contribution in [0.3, 0.4) is 0 Å². The molecule has 0 fully saturated rings. The molecule has 3 rings (SSSR count). The molecule has 0 aliphatic rings. The monoisotopic (exact) mass is 415 g/mol. The lowest BCUT2D eigenvalue weighted by atomic mass is 10.1. The zero-order chi connectivity index (χ0) is 22.2. The molecule has 0 aromatic heterocycles. The molecule has 0 bridgehead atoms. The van der Waals surface area contributed by atoms with Crippen molar-refractivity contribution in [2.45, 2.75) is 20.5 Å². The van der Waals surface area contributed by atoms with Crippen LogP contribution in [-0.2, 0) is 11.4 Å². The van der Waals surface area contributed by atoms with Gasteiger partial charge in [0.15, 0.2) is 17.3 Å². The first-order valence-electron chi connectivity index (χ1n) is 9.91. The lowest BCUT2D eigenvalue weighted by Gasteiger charge is -2.12. The Labute approximate surface area is 182 Å². The van der Waals surface area contributed by atoms with Gasteiger partial charge in [-0.25, -0.2) is 0 Å². The Balaban J connectivity index is 1.65. The van der Waals surface area contributed by atoms with Gasteiger partial charge in [-0.1, -0.05) is 42.5 Å². The molecule has 0 spiro atoms. The van der Waals surface area contributed by atoms with Crippen LogP contribution in [0.1, 0.15) is 34.0 Å². The van der Waals surface area contributed by atoms with E-state index in [0.717, 1.165) is 11.1 Å². The molecule has 1 amide bonds. The first-order chi connectivity index (χ1) is 15.0. The minimum absolute atomic E-state index is 0.0523. The molecule has 0 unspecified atom stereocenters. The summed E-state index contributed by atoms with van der Waals surface area (Å²) in [5, 5.41) is 2.76. The summed E-state index contributed by atoms with van der Waals surface area (Å²) in [6.45, 7) is 3.98. The Morgan fingerprint density at radius 1 is 0.968 bits per heavy atom. The van der Waals surface area contributed by atoms with Gasteiger partial charge in [0.05, 0.1) is 7.11 Å². The predicted molar refractivity (Wildman–Crippen MR) is 123 cm³/mol. The molecule has 0 aliphatic carbocycles. The third-order valence-electron chi connectivity index (χ3n) is 4.80. The molecule has 1 N–H and O–H groups in total. The average Bonchev–Trinajstić information content (AvgIpc) is 2.77. The highest BCUT2D eigenvalue weighted by Crippen LogP contribution is 2.29. The molecule has 3 aromatic rings. The third kappa shape index (κ3) is 6.06. The lowest BCUT2D eigenvalue weighted by molar-refractivity contribution is -0.111. The molecule has 0 atom stereocenters. The SMILES string of the molecule is COc1cc(/C=C/C(=O)Nc2cccc(C(C)=O)c2)ccc1OCc1ccccc1C. The van der Waals surface area contributed by atoms with Crippen LogP contribution < -0.4 is 14.8 Å². The minimum Gasteiger partial charge on any atom is -0.493 e. The number of aryl methyl sites for hydroxylation is 1. The van der Waals surface area contributed by atoms with Gasteiger partial charge in [0.1, 0.15) is 6.61 Å². The Morgan fingerprint density at radius 3 is 2.52 bits per heavy atom. The standard InChI is InChI=1S/C26H25NO4/c1-18-7-4-5-8-22(18)17-31-24-13-11-20(15-25(24)30-3)12-14-26(29)27-23-10-6-9-21(16-23)19(2)28/h4-16H,17H2,1-3H3,(H,27,29)/b14-12+. The number of carbonyl (C=O) groups excluding carboxylic acids is 2. The molecule has 0 saturated heterocycles. The van der Waals surface area contributed by atoms with E-state index < -0.39 is 0 Å². The molecule has 31 heavy (non-hydrogen) atoms. The fraction of sp³-hybridized carbons (Fsp3) is 0.154. The van der Waals surface area contributed by atoms with Crippen molar-refractivity contribution < 1.29 is 19.1 Å². The number of hydrogen-bond acceptors (Lipinski definition) is 4. The number of carbonyl (C=O) groups is 2. The lowest BCUT2D eigenvalue weighted by Crippen LogP contribution is -2.08. The van der Waals surface area contributed by atoms with Crippen molar-refractivity contribution >= 4 is 23.5 Å². The van der Waals surface area contributed by atoms with Crippen LogP contribution >= 0.6 is 0 Å². The van der Waals surface area contributed by atoms with Gasteiger partial charge in [0.2, 0.25) is 5.91 Å². The van der Waals surface area contributed by atoms with Crippen LogP contribution in [0, 0.1) is 6.92 Å². The van der Waals surface area contributed by atoms with Gasteiger partial charge in [0.25, 0.3) is 0 Å². The Kier molecular flexibility index (Phi) is 7.22. The smallest absolute Gasteiger partial charge is 0.248 e. The minimum atomic E-state index is -0.292. The van der Waals surface area contributed by atoms with E-state index in [2.05, 4.69) is 5.32 Å². The number of ether oxygens (including phenoxy) is 2. The van der Waals surface area contributed by atoms with Gasteiger partial charge >= 0.3 is 0 Å². The summed E-state index contributed by atoms with van der Waals surface area (Å²) < 4.78 is 11.4. The molecule has 5 nitrogen and oxygen atoms in total. The zero-order valence-electron chi connectivity index (χ0n) is 17.8. The molecule has 5 heteroatoms. The van der Waals surface area contributed by atoms with E-state index in [1.165, 1.54) is 18.6 Å². The second kappa shape index (κ2) is 10.3. The summed E-state index contributed by atoms with van der Waals surface area (Å²) in [7, 11) is 1.58. The summed E-state index contributed by atoms with van der Waals surface area (Å²) in [6, 6.07) is 20.4. The van der Waals surface area contributed by atoms with Gasteiger partial charge in [-0.05, 0) is 60.9 Å². The molecule has 0 heterocycles. The van der Waals surface area contributed by atoms with Crippen molar-refractivity contribution in [3.63, 3.8) is 0 Å². The molecule has 0 saturated carbocycles. The highest BCUT2D eigenvalue weighted by atomic mass is 16.5. The van der Waals surface area contributed by atoms with Crippen LogP contribution in [0.25, 0.3) is 6.08 Å². The van der Waals surface area contributed by atoms with Gasteiger partial charge in [-0.2, -0.15) is 0 Å². The number of nitrogens with one attached hydrogen (secondary N) is 1. The van der Waals surface area contributed by atoms with Crippen LogP contribution in [0.4, 0.5) is 5.69 Å². The first kappa shape index (κ1) is 21.8. The largest absolute Gasteiger partial charge is 0.493 e.